The number of hydrogen-bond acceptors (Lipinski definition) is 3. The molecule has 0 fully saturated rings. The van der Waals surface area contributed by atoms with Crippen molar-refractivity contribution >= 4 is 18.4 Å². The minimum Gasteiger partial charge on any atom is -0.479 e. The Hall–Kier alpha value is -2.20. The second-order valence-corrected chi connectivity index (χ2v) is 3.98. The van der Waals surface area contributed by atoms with Crippen LogP contribution >= 0.6 is 12.4 Å². The first-order valence-corrected chi connectivity index (χ1v) is 5.87. The third-order valence-corrected chi connectivity index (χ3v) is 2.46. The number of carboxylic acid groups (broad SMARTS) is 1. The van der Waals surface area contributed by atoms with Crippen molar-refractivity contribution in [2.75, 3.05) is 0 Å². The molecule has 1 N–H and O–H groups in total. The first kappa shape index (κ1) is 15.9. The van der Waals surface area contributed by atoms with E-state index in [1.807, 2.05) is 30.3 Å². The Morgan fingerprint density at radius 2 is 1.45 bits per heavy atom. The molecule has 0 aliphatic rings. The van der Waals surface area contributed by atoms with E-state index in [1.165, 1.54) is 6.92 Å². The van der Waals surface area contributed by atoms with Crippen LogP contribution in [0.4, 0.5) is 0 Å². The first-order valence-electron chi connectivity index (χ1n) is 5.87. The van der Waals surface area contributed by atoms with Crippen LogP contribution in [0.2, 0.25) is 0 Å². The molecule has 0 amide bonds. The minimum absolute atomic E-state index is 0. The number of benzene rings is 2. The molecule has 0 aromatic heterocycles. The first-order chi connectivity index (χ1) is 9.15. The number of halogens is 1. The van der Waals surface area contributed by atoms with Crippen LogP contribution in [0.3, 0.4) is 0 Å². The quantitative estimate of drug-likeness (QED) is 0.912. The van der Waals surface area contributed by atoms with Crippen LogP contribution in [0.1, 0.15) is 6.92 Å². The Labute approximate surface area is 123 Å². The predicted octanol–water partition coefficient (Wildman–Crippen LogP) is 3.75. The van der Waals surface area contributed by atoms with Gasteiger partial charge in [0.2, 0.25) is 0 Å². The molecule has 2 aromatic carbocycles. The van der Waals surface area contributed by atoms with Gasteiger partial charge in [-0.15, -0.1) is 12.4 Å². The molecule has 20 heavy (non-hydrogen) atoms. The molecule has 0 saturated carbocycles. The van der Waals surface area contributed by atoms with Crippen LogP contribution in [0.25, 0.3) is 0 Å². The van der Waals surface area contributed by atoms with Gasteiger partial charge in [0, 0.05) is 0 Å². The van der Waals surface area contributed by atoms with Crippen molar-refractivity contribution in [3.8, 4) is 17.2 Å². The topological polar surface area (TPSA) is 55.8 Å². The molecule has 0 bridgehead atoms. The Bertz CT molecular complexity index is 540. The zero-order valence-corrected chi connectivity index (χ0v) is 11.7. The van der Waals surface area contributed by atoms with Crippen molar-refractivity contribution in [1.82, 2.24) is 0 Å². The predicted molar refractivity (Wildman–Crippen MR) is 77.9 cm³/mol. The van der Waals surface area contributed by atoms with Crippen molar-refractivity contribution in [1.29, 1.82) is 0 Å². The maximum absolute atomic E-state index is 10.7. The maximum atomic E-state index is 10.7. The van der Waals surface area contributed by atoms with E-state index < -0.39 is 12.1 Å². The van der Waals surface area contributed by atoms with E-state index in [4.69, 9.17) is 14.6 Å². The van der Waals surface area contributed by atoms with Gasteiger partial charge < -0.3 is 14.6 Å². The third-order valence-electron chi connectivity index (χ3n) is 2.46. The Morgan fingerprint density at radius 1 is 0.950 bits per heavy atom. The summed E-state index contributed by atoms with van der Waals surface area (Å²) in [7, 11) is 0. The van der Waals surface area contributed by atoms with Gasteiger partial charge in [-0.1, -0.05) is 18.2 Å². The van der Waals surface area contributed by atoms with Gasteiger partial charge in [-0.3, -0.25) is 0 Å². The lowest BCUT2D eigenvalue weighted by atomic mass is 10.3. The lowest BCUT2D eigenvalue weighted by Crippen LogP contribution is -2.22. The number of hydrogen-bond donors (Lipinski definition) is 1. The molecule has 0 aliphatic carbocycles. The van der Waals surface area contributed by atoms with Crippen LogP contribution in [-0.2, 0) is 4.79 Å². The summed E-state index contributed by atoms with van der Waals surface area (Å²) in [6, 6.07) is 16.2. The molecule has 0 spiro atoms. The van der Waals surface area contributed by atoms with Gasteiger partial charge in [0.1, 0.15) is 17.2 Å². The summed E-state index contributed by atoms with van der Waals surface area (Å²) >= 11 is 0. The molecule has 1 unspecified atom stereocenters. The van der Waals surface area contributed by atoms with E-state index in [-0.39, 0.29) is 12.4 Å². The van der Waals surface area contributed by atoms with E-state index in [2.05, 4.69) is 0 Å². The van der Waals surface area contributed by atoms with Crippen LogP contribution in [0.15, 0.2) is 54.6 Å². The second-order valence-electron chi connectivity index (χ2n) is 3.98. The van der Waals surface area contributed by atoms with Crippen LogP contribution < -0.4 is 9.47 Å². The third kappa shape index (κ3) is 4.48. The molecule has 4 nitrogen and oxygen atoms in total. The minimum atomic E-state index is -0.996. The molecule has 5 heteroatoms. The Balaban J connectivity index is 0.00000200. The summed E-state index contributed by atoms with van der Waals surface area (Å²) in [6.45, 7) is 1.48. The smallest absolute Gasteiger partial charge is 0.344 e. The summed E-state index contributed by atoms with van der Waals surface area (Å²) in [5.41, 5.74) is 0. The van der Waals surface area contributed by atoms with Gasteiger partial charge in [-0.25, -0.2) is 4.79 Å². The van der Waals surface area contributed by atoms with E-state index in [9.17, 15) is 4.79 Å². The number of para-hydroxylation sites is 1. The summed E-state index contributed by atoms with van der Waals surface area (Å²) in [5.74, 6) is 0.913. The van der Waals surface area contributed by atoms with Crippen LogP contribution in [-0.4, -0.2) is 17.2 Å². The standard InChI is InChI=1S/C15H14O4.ClH/c1-11(15(16)17)18-13-7-9-14(10-8-13)19-12-5-3-2-4-6-12;/h2-11H,1H3,(H,16,17);1H. The largest absolute Gasteiger partial charge is 0.479 e. The highest BCUT2D eigenvalue weighted by Gasteiger charge is 2.12. The van der Waals surface area contributed by atoms with Crippen molar-refractivity contribution in [3.63, 3.8) is 0 Å². The number of rotatable bonds is 5. The number of carbonyl (C=O) groups is 1. The molecular weight excluding hydrogens is 280 g/mol. The summed E-state index contributed by atoms with van der Waals surface area (Å²) in [5, 5.41) is 8.74. The lowest BCUT2D eigenvalue weighted by Gasteiger charge is -2.11. The fourth-order valence-electron chi connectivity index (χ4n) is 1.47. The monoisotopic (exact) mass is 294 g/mol. The lowest BCUT2D eigenvalue weighted by molar-refractivity contribution is -0.144. The summed E-state index contributed by atoms with van der Waals surface area (Å²) in [6.07, 6.45) is -0.874. The fraction of sp³-hybridized carbons (Fsp3) is 0.133. The average molecular weight is 295 g/mol. The zero-order chi connectivity index (χ0) is 13.7. The maximum Gasteiger partial charge on any atom is 0.344 e. The molecule has 0 heterocycles. The van der Waals surface area contributed by atoms with Gasteiger partial charge >= 0.3 is 5.97 Å². The molecule has 0 radical (unpaired) electrons. The van der Waals surface area contributed by atoms with Gasteiger partial charge in [0.25, 0.3) is 0 Å². The van der Waals surface area contributed by atoms with E-state index in [0.717, 1.165) is 5.75 Å². The number of ether oxygens (including phenoxy) is 2. The SMILES string of the molecule is CC(Oc1ccc(Oc2ccccc2)cc1)C(=O)O.Cl. The zero-order valence-electron chi connectivity index (χ0n) is 10.9. The van der Waals surface area contributed by atoms with Gasteiger partial charge in [-0.05, 0) is 43.3 Å². The molecule has 0 saturated heterocycles. The summed E-state index contributed by atoms with van der Waals surface area (Å²) in [4.78, 5) is 10.7. The fourth-order valence-corrected chi connectivity index (χ4v) is 1.47. The van der Waals surface area contributed by atoms with Crippen molar-refractivity contribution in [3.05, 3.63) is 54.6 Å². The second kappa shape index (κ2) is 7.40. The highest BCUT2D eigenvalue weighted by atomic mass is 35.5. The highest BCUT2D eigenvalue weighted by Crippen LogP contribution is 2.23. The normalized spacial score (nSPS) is 11.1. The molecule has 106 valence electrons. The molecule has 1 atom stereocenters. The molecule has 2 rings (SSSR count). The Morgan fingerprint density at radius 3 is 2.00 bits per heavy atom. The molecule has 2 aromatic rings. The molecule has 0 aliphatic heterocycles. The van der Waals surface area contributed by atoms with Crippen LogP contribution in [0, 0.1) is 0 Å². The number of carboxylic acids is 1. The van der Waals surface area contributed by atoms with E-state index >= 15 is 0 Å². The van der Waals surface area contributed by atoms with Gasteiger partial charge in [-0.2, -0.15) is 0 Å². The van der Waals surface area contributed by atoms with E-state index in [0.29, 0.717) is 11.5 Å². The van der Waals surface area contributed by atoms with Crippen LogP contribution in [0.5, 0.6) is 17.2 Å². The van der Waals surface area contributed by atoms with Crippen molar-refractivity contribution in [2.24, 2.45) is 0 Å². The summed E-state index contributed by atoms with van der Waals surface area (Å²) < 4.78 is 10.8. The highest BCUT2D eigenvalue weighted by molar-refractivity contribution is 5.85. The Kier molecular flexibility index (Phi) is 5.87. The van der Waals surface area contributed by atoms with E-state index in [1.54, 1.807) is 24.3 Å². The van der Waals surface area contributed by atoms with Gasteiger partial charge in [0.05, 0.1) is 0 Å². The van der Waals surface area contributed by atoms with Gasteiger partial charge in [0.15, 0.2) is 6.10 Å². The van der Waals surface area contributed by atoms with Crippen molar-refractivity contribution < 1.29 is 19.4 Å². The molecular formula is C15H15ClO4. The van der Waals surface area contributed by atoms with Crippen molar-refractivity contribution in [2.45, 2.75) is 13.0 Å². The number of aliphatic carboxylic acids is 1. The average Bonchev–Trinajstić information content (AvgIpc) is 2.42.